The van der Waals surface area contributed by atoms with E-state index in [1.54, 1.807) is 11.8 Å². The molecule has 5 heteroatoms. The summed E-state index contributed by atoms with van der Waals surface area (Å²) >= 11 is 5.08. The monoisotopic (exact) mass is 403 g/mol. The van der Waals surface area contributed by atoms with E-state index in [2.05, 4.69) is 64.8 Å². The number of nitrogens with one attached hydrogen (secondary N) is 1. The number of thioether (sulfide) groups is 1. The molecule has 4 rings (SSSR count). The number of rotatable bonds is 1. The molecule has 2 atom stereocenters. The molecule has 2 fully saturated rings. The van der Waals surface area contributed by atoms with Crippen LogP contribution in [-0.2, 0) is 0 Å². The minimum absolute atomic E-state index is 0.233. The summed E-state index contributed by atoms with van der Waals surface area (Å²) in [6.45, 7) is 7.21. The number of nitrogens with zero attached hydrogens (tertiary/aromatic N) is 2. The summed E-state index contributed by atoms with van der Waals surface area (Å²) in [6, 6.07) is 8.24. The van der Waals surface area contributed by atoms with E-state index in [1.165, 1.54) is 18.6 Å². The maximum Gasteiger partial charge on any atom is 0.210 e. The van der Waals surface area contributed by atoms with Crippen molar-refractivity contribution in [3.05, 3.63) is 39.7 Å². The fraction of sp³-hybridized carbons (Fsp3) is 0.474. The van der Waals surface area contributed by atoms with Crippen LogP contribution < -0.4 is 5.43 Å². The SMILES string of the molecule is CC12CCC(CC1=NC1=NNC(c3ccc(Br)cc3)=CS1)C2(C)C. The van der Waals surface area contributed by atoms with Crippen LogP contribution in [0.5, 0.6) is 0 Å². The summed E-state index contributed by atoms with van der Waals surface area (Å²) in [5, 5.41) is 7.43. The van der Waals surface area contributed by atoms with Crippen molar-refractivity contribution in [2.45, 2.75) is 40.0 Å². The second-order valence-corrected chi connectivity index (χ2v) is 9.47. The van der Waals surface area contributed by atoms with Gasteiger partial charge in [-0.05, 0) is 42.7 Å². The average molecular weight is 404 g/mol. The Balaban J connectivity index is 1.52. The molecule has 1 heterocycles. The number of halogens is 1. The van der Waals surface area contributed by atoms with Crippen LogP contribution in [0.4, 0.5) is 0 Å². The summed E-state index contributed by atoms with van der Waals surface area (Å²) in [4.78, 5) is 4.94. The maximum atomic E-state index is 4.94. The highest BCUT2D eigenvalue weighted by Crippen LogP contribution is 2.64. The van der Waals surface area contributed by atoms with Crippen LogP contribution in [0.2, 0.25) is 0 Å². The highest BCUT2D eigenvalue weighted by molar-refractivity contribution is 9.10. The van der Waals surface area contributed by atoms with Crippen molar-refractivity contribution in [2.24, 2.45) is 26.8 Å². The van der Waals surface area contributed by atoms with Crippen molar-refractivity contribution < 1.29 is 0 Å². The molecule has 0 saturated heterocycles. The quantitative estimate of drug-likeness (QED) is 0.658. The Morgan fingerprint density at radius 2 is 2.00 bits per heavy atom. The van der Waals surface area contributed by atoms with Crippen molar-refractivity contribution in [2.75, 3.05) is 0 Å². The van der Waals surface area contributed by atoms with Gasteiger partial charge in [-0.15, -0.1) is 5.10 Å². The zero-order chi connectivity index (χ0) is 16.9. The van der Waals surface area contributed by atoms with E-state index in [9.17, 15) is 0 Å². The molecule has 2 aliphatic carbocycles. The molecule has 3 aliphatic rings. The highest BCUT2D eigenvalue weighted by atomic mass is 79.9. The van der Waals surface area contributed by atoms with Gasteiger partial charge in [-0.2, -0.15) is 0 Å². The van der Waals surface area contributed by atoms with E-state index in [4.69, 9.17) is 4.99 Å². The molecule has 3 nitrogen and oxygen atoms in total. The first-order valence-electron chi connectivity index (χ1n) is 8.45. The first-order valence-corrected chi connectivity index (χ1v) is 10.1. The van der Waals surface area contributed by atoms with Crippen LogP contribution in [0, 0.1) is 16.7 Å². The highest BCUT2D eigenvalue weighted by Gasteiger charge is 2.59. The molecule has 1 aliphatic heterocycles. The molecule has 2 bridgehead atoms. The number of fused-ring (bicyclic) bond motifs is 2. The Kier molecular flexibility index (Phi) is 3.92. The molecule has 2 saturated carbocycles. The number of hydrogen-bond acceptors (Lipinski definition) is 4. The van der Waals surface area contributed by atoms with E-state index in [1.807, 2.05) is 12.1 Å². The maximum absolute atomic E-state index is 4.94. The largest absolute Gasteiger partial charge is 0.275 e. The molecular weight excluding hydrogens is 382 g/mol. The van der Waals surface area contributed by atoms with Crippen LogP contribution in [0.15, 0.2) is 44.2 Å². The molecule has 0 radical (unpaired) electrons. The van der Waals surface area contributed by atoms with Gasteiger partial charge in [-0.1, -0.05) is 60.6 Å². The number of aliphatic imine (C=N–C) groups is 1. The van der Waals surface area contributed by atoms with Crippen LogP contribution in [0.3, 0.4) is 0 Å². The first-order chi connectivity index (χ1) is 11.4. The number of benzene rings is 1. The molecule has 1 aromatic rings. The molecule has 0 amide bonds. The van der Waals surface area contributed by atoms with Crippen LogP contribution in [0.25, 0.3) is 5.70 Å². The fourth-order valence-electron chi connectivity index (χ4n) is 4.30. The summed E-state index contributed by atoms with van der Waals surface area (Å²) in [5.74, 6) is 0.775. The zero-order valence-corrected chi connectivity index (χ0v) is 16.7. The van der Waals surface area contributed by atoms with Crippen molar-refractivity contribution in [3.8, 4) is 0 Å². The fourth-order valence-corrected chi connectivity index (χ4v) is 5.24. The third-order valence-electron chi connectivity index (χ3n) is 6.45. The molecule has 126 valence electrons. The van der Waals surface area contributed by atoms with Gasteiger partial charge in [0.05, 0.1) is 5.70 Å². The second kappa shape index (κ2) is 5.73. The Labute approximate surface area is 156 Å². The Bertz CT molecular complexity index is 763. The Hall–Kier alpha value is -1.07. The number of amidine groups is 1. The van der Waals surface area contributed by atoms with Crippen LogP contribution in [0.1, 0.15) is 45.6 Å². The van der Waals surface area contributed by atoms with Gasteiger partial charge in [0.2, 0.25) is 5.17 Å². The van der Waals surface area contributed by atoms with Gasteiger partial charge in [0.15, 0.2) is 0 Å². The van der Waals surface area contributed by atoms with Crippen molar-refractivity contribution in [1.29, 1.82) is 0 Å². The summed E-state index contributed by atoms with van der Waals surface area (Å²) in [7, 11) is 0. The van der Waals surface area contributed by atoms with Crippen molar-refractivity contribution >= 4 is 44.3 Å². The van der Waals surface area contributed by atoms with Crippen LogP contribution >= 0.6 is 27.7 Å². The Morgan fingerprint density at radius 3 is 2.54 bits per heavy atom. The van der Waals surface area contributed by atoms with E-state index >= 15 is 0 Å². The Morgan fingerprint density at radius 1 is 1.25 bits per heavy atom. The molecule has 1 N–H and O–H groups in total. The smallest absolute Gasteiger partial charge is 0.210 e. The average Bonchev–Trinajstić information content (AvgIpc) is 2.90. The van der Waals surface area contributed by atoms with Gasteiger partial charge >= 0.3 is 0 Å². The van der Waals surface area contributed by atoms with Gasteiger partial charge in [0.1, 0.15) is 0 Å². The third kappa shape index (κ3) is 2.48. The first kappa shape index (κ1) is 16.4. The van der Waals surface area contributed by atoms with Gasteiger partial charge < -0.3 is 0 Å². The second-order valence-electron chi connectivity index (χ2n) is 7.71. The van der Waals surface area contributed by atoms with Gasteiger partial charge in [0.25, 0.3) is 0 Å². The minimum Gasteiger partial charge on any atom is -0.275 e. The topological polar surface area (TPSA) is 36.8 Å². The number of hydrogen-bond donors (Lipinski definition) is 1. The van der Waals surface area contributed by atoms with E-state index in [0.717, 1.165) is 33.2 Å². The third-order valence-corrected chi connectivity index (χ3v) is 7.73. The number of hydrazone groups is 1. The van der Waals surface area contributed by atoms with Gasteiger partial charge in [-0.25, -0.2) is 4.99 Å². The summed E-state index contributed by atoms with van der Waals surface area (Å²) in [5.41, 5.74) is 7.26. The predicted molar refractivity (Wildman–Crippen MR) is 107 cm³/mol. The molecule has 0 aromatic heterocycles. The van der Waals surface area contributed by atoms with Gasteiger partial charge in [0, 0.05) is 26.6 Å². The molecule has 24 heavy (non-hydrogen) atoms. The standard InChI is InChI=1S/C19H22BrN3S/c1-18(2)13-8-9-19(18,3)16(10-13)21-17-23-22-15(11-24-17)12-4-6-14(20)7-5-12/h4-7,11,13,22H,8-10H2,1-3H3. The molecular formula is C19H22BrN3S. The minimum atomic E-state index is 0.233. The van der Waals surface area contributed by atoms with Crippen LogP contribution in [-0.4, -0.2) is 10.9 Å². The zero-order valence-electron chi connectivity index (χ0n) is 14.3. The van der Waals surface area contributed by atoms with E-state index < -0.39 is 0 Å². The van der Waals surface area contributed by atoms with Crippen molar-refractivity contribution in [3.63, 3.8) is 0 Å². The lowest BCUT2D eigenvalue weighted by molar-refractivity contribution is 0.194. The lowest BCUT2D eigenvalue weighted by Crippen LogP contribution is -2.33. The lowest BCUT2D eigenvalue weighted by Gasteiger charge is -2.34. The van der Waals surface area contributed by atoms with E-state index in [-0.39, 0.29) is 5.41 Å². The summed E-state index contributed by atoms with van der Waals surface area (Å²) < 4.78 is 1.08. The lowest BCUT2D eigenvalue weighted by atomic mass is 9.70. The molecule has 1 aromatic carbocycles. The molecule has 0 spiro atoms. The van der Waals surface area contributed by atoms with Crippen molar-refractivity contribution in [1.82, 2.24) is 5.43 Å². The van der Waals surface area contributed by atoms with Gasteiger partial charge in [-0.3, -0.25) is 5.43 Å². The predicted octanol–water partition coefficient (Wildman–Crippen LogP) is 5.64. The normalized spacial score (nSPS) is 32.5. The summed E-state index contributed by atoms with van der Waals surface area (Å²) in [6.07, 6.45) is 3.73. The molecule has 2 unspecified atom stereocenters. The van der Waals surface area contributed by atoms with E-state index in [0.29, 0.717) is 5.41 Å².